The SMILES string of the molecule is Cc1cncc2cccc(NC(C#N)=C(C#N)C#N)c12. The number of rotatable bonds is 2. The molecule has 2 aromatic rings. The van der Waals surface area contributed by atoms with E-state index in [0.29, 0.717) is 5.69 Å². The molecule has 0 spiro atoms. The van der Waals surface area contributed by atoms with Gasteiger partial charge >= 0.3 is 0 Å². The summed E-state index contributed by atoms with van der Waals surface area (Å²) in [6.45, 7) is 1.91. The molecular formula is C15H9N5. The van der Waals surface area contributed by atoms with Crippen LogP contribution in [0.1, 0.15) is 5.56 Å². The normalized spacial score (nSPS) is 9.10. The maximum Gasteiger partial charge on any atom is 0.163 e. The third-order valence-electron chi connectivity index (χ3n) is 2.82. The molecule has 0 fully saturated rings. The fraction of sp³-hybridized carbons (Fsp3) is 0.0667. The number of aromatic nitrogens is 1. The van der Waals surface area contributed by atoms with E-state index in [1.165, 1.54) is 0 Å². The van der Waals surface area contributed by atoms with Gasteiger partial charge in [0.25, 0.3) is 0 Å². The van der Waals surface area contributed by atoms with Crippen molar-refractivity contribution in [2.75, 3.05) is 5.32 Å². The maximum atomic E-state index is 9.08. The minimum absolute atomic E-state index is 0.0567. The van der Waals surface area contributed by atoms with Crippen LogP contribution in [0.2, 0.25) is 0 Å². The Balaban J connectivity index is 2.62. The van der Waals surface area contributed by atoms with Crippen LogP contribution in [0.15, 0.2) is 41.9 Å². The van der Waals surface area contributed by atoms with Crippen molar-refractivity contribution in [2.24, 2.45) is 0 Å². The summed E-state index contributed by atoms with van der Waals surface area (Å²) in [6.07, 6.45) is 3.44. The number of anilines is 1. The van der Waals surface area contributed by atoms with Crippen LogP contribution in [0.3, 0.4) is 0 Å². The number of hydrogen-bond donors (Lipinski definition) is 1. The number of fused-ring (bicyclic) bond motifs is 1. The second-order valence-electron chi connectivity index (χ2n) is 4.07. The van der Waals surface area contributed by atoms with E-state index < -0.39 is 0 Å². The average molecular weight is 259 g/mol. The van der Waals surface area contributed by atoms with E-state index in [9.17, 15) is 0 Å². The topological polar surface area (TPSA) is 96.3 Å². The molecule has 0 saturated heterocycles. The van der Waals surface area contributed by atoms with Crippen LogP contribution in [-0.2, 0) is 0 Å². The van der Waals surface area contributed by atoms with Crippen molar-refractivity contribution in [1.82, 2.24) is 4.98 Å². The second kappa shape index (κ2) is 5.52. The lowest BCUT2D eigenvalue weighted by molar-refractivity contribution is 1.30. The fourth-order valence-corrected chi connectivity index (χ4v) is 1.93. The zero-order valence-electron chi connectivity index (χ0n) is 10.7. The summed E-state index contributed by atoms with van der Waals surface area (Å²) < 4.78 is 0. The van der Waals surface area contributed by atoms with E-state index in [-0.39, 0.29) is 11.3 Å². The Hall–Kier alpha value is -3.36. The number of nitrogens with zero attached hydrogens (tertiary/aromatic N) is 4. The van der Waals surface area contributed by atoms with Crippen molar-refractivity contribution in [3.63, 3.8) is 0 Å². The summed E-state index contributed by atoms with van der Waals surface area (Å²) in [5.74, 6) is 0. The second-order valence-corrected chi connectivity index (χ2v) is 4.07. The first-order valence-corrected chi connectivity index (χ1v) is 5.76. The molecule has 0 aliphatic heterocycles. The number of nitrogens with one attached hydrogen (secondary N) is 1. The summed E-state index contributed by atoms with van der Waals surface area (Å²) in [7, 11) is 0. The average Bonchev–Trinajstić information content (AvgIpc) is 2.47. The van der Waals surface area contributed by atoms with Gasteiger partial charge in [0.15, 0.2) is 5.57 Å². The van der Waals surface area contributed by atoms with Gasteiger partial charge in [-0.3, -0.25) is 4.98 Å². The van der Waals surface area contributed by atoms with Crippen molar-refractivity contribution >= 4 is 16.5 Å². The van der Waals surface area contributed by atoms with E-state index in [2.05, 4.69) is 10.3 Å². The molecule has 0 radical (unpaired) electrons. The molecule has 1 aromatic carbocycles. The van der Waals surface area contributed by atoms with Crippen molar-refractivity contribution < 1.29 is 0 Å². The Morgan fingerprint density at radius 1 is 1.10 bits per heavy atom. The lowest BCUT2D eigenvalue weighted by atomic mass is 10.1. The lowest BCUT2D eigenvalue weighted by Crippen LogP contribution is -2.01. The Kier molecular flexibility index (Phi) is 3.61. The van der Waals surface area contributed by atoms with Gasteiger partial charge in [-0.15, -0.1) is 0 Å². The molecule has 1 aromatic heterocycles. The van der Waals surface area contributed by atoms with Crippen LogP contribution < -0.4 is 5.32 Å². The predicted octanol–water partition coefficient (Wildman–Crippen LogP) is 2.78. The molecule has 0 saturated carbocycles. The first-order valence-electron chi connectivity index (χ1n) is 5.76. The largest absolute Gasteiger partial charge is 0.345 e. The molecule has 1 N–H and O–H groups in total. The molecule has 0 aliphatic rings. The highest BCUT2D eigenvalue weighted by Gasteiger charge is 2.09. The van der Waals surface area contributed by atoms with E-state index in [1.807, 2.05) is 25.1 Å². The minimum atomic E-state index is -0.240. The van der Waals surface area contributed by atoms with Crippen LogP contribution in [0.5, 0.6) is 0 Å². The highest BCUT2D eigenvalue weighted by atomic mass is 14.9. The molecule has 0 amide bonds. The Morgan fingerprint density at radius 3 is 2.50 bits per heavy atom. The monoisotopic (exact) mass is 259 g/mol. The Labute approximate surface area is 116 Å². The number of benzene rings is 1. The van der Waals surface area contributed by atoms with E-state index >= 15 is 0 Å². The molecule has 20 heavy (non-hydrogen) atoms. The van der Waals surface area contributed by atoms with Gasteiger partial charge in [0, 0.05) is 28.9 Å². The standard InChI is InChI=1S/C15H9N5/c1-10-8-19-9-11-3-2-4-13(15(10)11)20-14(7-18)12(5-16)6-17/h2-4,8-9,20H,1H3. The smallest absolute Gasteiger partial charge is 0.163 e. The summed E-state index contributed by atoms with van der Waals surface area (Å²) in [6, 6.07) is 10.8. The van der Waals surface area contributed by atoms with Gasteiger partial charge in [-0.1, -0.05) is 12.1 Å². The highest BCUT2D eigenvalue weighted by Crippen LogP contribution is 2.27. The molecule has 94 valence electrons. The van der Waals surface area contributed by atoms with E-state index in [4.69, 9.17) is 15.8 Å². The fourth-order valence-electron chi connectivity index (χ4n) is 1.93. The first-order chi connectivity index (χ1) is 9.71. The highest BCUT2D eigenvalue weighted by molar-refractivity contribution is 5.96. The summed E-state index contributed by atoms with van der Waals surface area (Å²) in [5.41, 5.74) is 1.32. The quantitative estimate of drug-likeness (QED) is 0.836. The van der Waals surface area contributed by atoms with Crippen molar-refractivity contribution in [1.29, 1.82) is 15.8 Å². The lowest BCUT2D eigenvalue weighted by Gasteiger charge is -2.10. The Morgan fingerprint density at radius 2 is 1.85 bits per heavy atom. The van der Waals surface area contributed by atoms with Crippen LogP contribution in [0.25, 0.3) is 10.8 Å². The zero-order valence-corrected chi connectivity index (χ0v) is 10.7. The Bertz CT molecular complexity index is 807. The molecule has 0 unspecified atom stereocenters. The first kappa shape index (κ1) is 13.1. The van der Waals surface area contributed by atoms with Crippen molar-refractivity contribution in [2.45, 2.75) is 6.92 Å². The molecule has 5 heteroatoms. The summed E-state index contributed by atoms with van der Waals surface area (Å²) in [5, 5.41) is 31.4. The molecule has 1 heterocycles. The van der Waals surface area contributed by atoms with Crippen LogP contribution in [0, 0.1) is 40.9 Å². The van der Waals surface area contributed by atoms with Gasteiger partial charge in [0.05, 0.1) is 0 Å². The van der Waals surface area contributed by atoms with Crippen molar-refractivity contribution in [3.8, 4) is 18.2 Å². The van der Waals surface area contributed by atoms with E-state index in [1.54, 1.807) is 30.6 Å². The summed E-state index contributed by atoms with van der Waals surface area (Å²) >= 11 is 0. The predicted molar refractivity (Wildman–Crippen MR) is 74.0 cm³/mol. The van der Waals surface area contributed by atoms with Gasteiger partial charge < -0.3 is 5.32 Å². The van der Waals surface area contributed by atoms with Crippen LogP contribution in [-0.4, -0.2) is 4.98 Å². The summed E-state index contributed by atoms with van der Waals surface area (Å²) in [4.78, 5) is 4.11. The minimum Gasteiger partial charge on any atom is -0.345 e. The molecule has 0 atom stereocenters. The molecule has 2 rings (SSSR count). The van der Waals surface area contributed by atoms with Gasteiger partial charge in [0.1, 0.15) is 23.9 Å². The zero-order chi connectivity index (χ0) is 14.5. The van der Waals surface area contributed by atoms with Gasteiger partial charge in [-0.2, -0.15) is 15.8 Å². The molecule has 5 nitrogen and oxygen atoms in total. The van der Waals surface area contributed by atoms with Gasteiger partial charge in [-0.05, 0) is 18.6 Å². The van der Waals surface area contributed by atoms with Crippen LogP contribution in [0.4, 0.5) is 5.69 Å². The van der Waals surface area contributed by atoms with Crippen molar-refractivity contribution in [3.05, 3.63) is 47.4 Å². The third-order valence-corrected chi connectivity index (χ3v) is 2.82. The maximum absolute atomic E-state index is 9.08. The number of hydrogen-bond acceptors (Lipinski definition) is 5. The molecular weight excluding hydrogens is 250 g/mol. The van der Waals surface area contributed by atoms with Gasteiger partial charge in [-0.25, -0.2) is 0 Å². The number of pyridine rings is 1. The molecule has 0 aliphatic carbocycles. The van der Waals surface area contributed by atoms with E-state index in [0.717, 1.165) is 16.3 Å². The molecule has 0 bridgehead atoms. The number of aryl methyl sites for hydroxylation is 1. The van der Waals surface area contributed by atoms with Gasteiger partial charge in [0.2, 0.25) is 0 Å². The third kappa shape index (κ3) is 2.27. The number of nitriles is 3. The number of allylic oxidation sites excluding steroid dienone is 2. The van der Waals surface area contributed by atoms with Crippen LogP contribution >= 0.6 is 0 Å².